The molecule has 1 atom stereocenters. The summed E-state index contributed by atoms with van der Waals surface area (Å²) in [5.74, 6) is -0.171. The molecule has 1 aromatic heterocycles. The maximum Gasteiger partial charge on any atom is 0.287 e. The van der Waals surface area contributed by atoms with Gasteiger partial charge in [-0.05, 0) is 59.1 Å². The van der Waals surface area contributed by atoms with Crippen LogP contribution in [-0.4, -0.2) is 17.9 Å². The molecule has 0 radical (unpaired) electrons. The zero-order valence-electron chi connectivity index (χ0n) is 13.1. The summed E-state index contributed by atoms with van der Waals surface area (Å²) in [5, 5.41) is 5.68. The van der Waals surface area contributed by atoms with Crippen molar-refractivity contribution in [2.24, 2.45) is 0 Å². The number of carbonyl (C=O) groups excluding carboxylic acids is 2. The van der Waals surface area contributed by atoms with E-state index in [1.54, 1.807) is 30.3 Å². The number of hydrogen-bond donors (Lipinski definition) is 2. The fraction of sp³-hybridized carbons (Fsp3) is 0.294. The van der Waals surface area contributed by atoms with Gasteiger partial charge < -0.3 is 15.1 Å². The number of rotatable bonds is 6. The van der Waals surface area contributed by atoms with Gasteiger partial charge in [0, 0.05) is 18.2 Å². The molecule has 2 N–H and O–H groups in total. The lowest BCUT2D eigenvalue weighted by Gasteiger charge is -2.12. The fourth-order valence-corrected chi connectivity index (χ4v) is 2.24. The van der Waals surface area contributed by atoms with Crippen LogP contribution in [0.25, 0.3) is 0 Å². The Labute approximate surface area is 143 Å². The molecule has 0 spiro atoms. The number of amides is 2. The summed E-state index contributed by atoms with van der Waals surface area (Å²) in [6.45, 7) is 4.30. The van der Waals surface area contributed by atoms with E-state index in [4.69, 9.17) is 4.42 Å². The van der Waals surface area contributed by atoms with Crippen LogP contribution >= 0.6 is 15.9 Å². The van der Waals surface area contributed by atoms with E-state index in [0.717, 1.165) is 12.0 Å². The van der Waals surface area contributed by atoms with E-state index in [0.29, 0.717) is 16.8 Å². The molecule has 122 valence electrons. The first-order valence-corrected chi connectivity index (χ1v) is 8.22. The minimum Gasteiger partial charge on any atom is -0.444 e. The quantitative estimate of drug-likeness (QED) is 0.807. The largest absolute Gasteiger partial charge is 0.444 e. The third-order valence-corrected chi connectivity index (χ3v) is 3.86. The van der Waals surface area contributed by atoms with Gasteiger partial charge in [0.1, 0.15) is 0 Å². The Balaban J connectivity index is 1.97. The molecular weight excluding hydrogens is 360 g/mol. The Morgan fingerprint density at radius 3 is 2.65 bits per heavy atom. The molecule has 0 saturated carbocycles. The van der Waals surface area contributed by atoms with Gasteiger partial charge in [-0.25, -0.2) is 0 Å². The van der Waals surface area contributed by atoms with Gasteiger partial charge in [0.05, 0.1) is 0 Å². The second-order valence-corrected chi connectivity index (χ2v) is 6.05. The predicted octanol–water partition coefficient (Wildman–Crippen LogP) is 3.50. The van der Waals surface area contributed by atoms with Gasteiger partial charge >= 0.3 is 0 Å². The topological polar surface area (TPSA) is 71.3 Å². The third kappa shape index (κ3) is 4.96. The molecule has 5 nitrogen and oxygen atoms in total. The Kier molecular flexibility index (Phi) is 5.98. The SMILES string of the molecule is CCC(C)NC(=O)c1cccc(CNC(=O)c2ccc(Br)o2)c1. The normalized spacial score (nSPS) is 11.8. The average Bonchev–Trinajstić information content (AvgIpc) is 2.99. The zero-order chi connectivity index (χ0) is 16.8. The number of halogens is 1. The van der Waals surface area contributed by atoms with Crippen LogP contribution in [0.2, 0.25) is 0 Å². The van der Waals surface area contributed by atoms with Crippen LogP contribution in [0.4, 0.5) is 0 Å². The van der Waals surface area contributed by atoms with Crippen molar-refractivity contribution in [3.63, 3.8) is 0 Å². The zero-order valence-corrected chi connectivity index (χ0v) is 14.6. The number of nitrogens with one attached hydrogen (secondary N) is 2. The molecule has 0 saturated heterocycles. The van der Waals surface area contributed by atoms with Crippen LogP contribution in [-0.2, 0) is 6.54 Å². The summed E-state index contributed by atoms with van der Waals surface area (Å²) in [6, 6.07) is 10.6. The number of benzene rings is 1. The highest BCUT2D eigenvalue weighted by Gasteiger charge is 2.11. The van der Waals surface area contributed by atoms with Crippen molar-refractivity contribution in [2.45, 2.75) is 32.9 Å². The summed E-state index contributed by atoms with van der Waals surface area (Å²) >= 11 is 3.16. The predicted molar refractivity (Wildman–Crippen MR) is 91.2 cm³/mol. The van der Waals surface area contributed by atoms with Gasteiger partial charge in [0.2, 0.25) is 0 Å². The highest BCUT2D eigenvalue weighted by atomic mass is 79.9. The summed E-state index contributed by atoms with van der Waals surface area (Å²) < 4.78 is 5.70. The van der Waals surface area contributed by atoms with Crippen molar-refractivity contribution in [1.82, 2.24) is 10.6 Å². The minimum atomic E-state index is -0.301. The second kappa shape index (κ2) is 7.97. The van der Waals surface area contributed by atoms with Crippen LogP contribution in [0.15, 0.2) is 45.5 Å². The molecule has 2 aromatic rings. The Morgan fingerprint density at radius 2 is 2.00 bits per heavy atom. The first kappa shape index (κ1) is 17.3. The lowest BCUT2D eigenvalue weighted by Crippen LogP contribution is -2.32. The van der Waals surface area contributed by atoms with Crippen molar-refractivity contribution in [2.75, 3.05) is 0 Å². The monoisotopic (exact) mass is 378 g/mol. The molecule has 0 aliphatic rings. The summed E-state index contributed by atoms with van der Waals surface area (Å²) in [7, 11) is 0. The maximum atomic E-state index is 12.1. The molecule has 23 heavy (non-hydrogen) atoms. The van der Waals surface area contributed by atoms with Crippen molar-refractivity contribution in [1.29, 1.82) is 0 Å². The number of furan rings is 1. The Morgan fingerprint density at radius 1 is 1.22 bits per heavy atom. The highest BCUT2D eigenvalue weighted by molar-refractivity contribution is 9.10. The van der Waals surface area contributed by atoms with Crippen LogP contribution in [0.1, 0.15) is 46.7 Å². The average molecular weight is 379 g/mol. The molecule has 2 rings (SSSR count). The number of hydrogen-bond acceptors (Lipinski definition) is 3. The highest BCUT2D eigenvalue weighted by Crippen LogP contribution is 2.14. The Bertz CT molecular complexity index is 697. The Hall–Kier alpha value is -2.08. The van der Waals surface area contributed by atoms with Crippen LogP contribution < -0.4 is 10.6 Å². The lowest BCUT2D eigenvalue weighted by atomic mass is 10.1. The van der Waals surface area contributed by atoms with E-state index in [2.05, 4.69) is 26.6 Å². The van der Waals surface area contributed by atoms with Gasteiger partial charge in [-0.2, -0.15) is 0 Å². The first-order valence-electron chi connectivity index (χ1n) is 7.43. The minimum absolute atomic E-state index is 0.109. The van der Waals surface area contributed by atoms with Gasteiger partial charge in [0.15, 0.2) is 10.4 Å². The van der Waals surface area contributed by atoms with E-state index in [9.17, 15) is 9.59 Å². The van der Waals surface area contributed by atoms with E-state index in [-0.39, 0.29) is 23.6 Å². The molecule has 0 aliphatic carbocycles. The van der Waals surface area contributed by atoms with Crippen molar-refractivity contribution >= 4 is 27.7 Å². The third-order valence-electron chi connectivity index (χ3n) is 3.43. The van der Waals surface area contributed by atoms with E-state index in [1.165, 1.54) is 0 Å². The second-order valence-electron chi connectivity index (χ2n) is 5.27. The van der Waals surface area contributed by atoms with Crippen LogP contribution in [0.3, 0.4) is 0 Å². The van der Waals surface area contributed by atoms with E-state index >= 15 is 0 Å². The van der Waals surface area contributed by atoms with Crippen molar-refractivity contribution in [3.8, 4) is 0 Å². The van der Waals surface area contributed by atoms with Crippen LogP contribution in [0, 0.1) is 0 Å². The summed E-state index contributed by atoms with van der Waals surface area (Å²) in [4.78, 5) is 24.0. The van der Waals surface area contributed by atoms with Crippen molar-refractivity contribution < 1.29 is 14.0 Å². The molecular formula is C17H19BrN2O3. The van der Waals surface area contributed by atoms with Gasteiger partial charge in [-0.1, -0.05) is 19.1 Å². The number of carbonyl (C=O) groups is 2. The maximum absolute atomic E-state index is 12.1. The lowest BCUT2D eigenvalue weighted by molar-refractivity contribution is 0.0920. The van der Waals surface area contributed by atoms with Crippen LogP contribution in [0.5, 0.6) is 0 Å². The van der Waals surface area contributed by atoms with Gasteiger partial charge in [-0.15, -0.1) is 0 Å². The smallest absolute Gasteiger partial charge is 0.287 e. The molecule has 2 amide bonds. The first-order chi connectivity index (χ1) is 11.0. The standard InChI is InChI=1S/C17H19BrN2O3/c1-3-11(2)20-16(21)13-6-4-5-12(9-13)10-19-17(22)14-7-8-15(18)23-14/h4-9,11H,3,10H2,1-2H3,(H,19,22)(H,20,21). The molecule has 0 fully saturated rings. The summed E-state index contributed by atoms with van der Waals surface area (Å²) in [6.07, 6.45) is 0.875. The van der Waals surface area contributed by atoms with Crippen molar-refractivity contribution in [3.05, 3.63) is 58.0 Å². The van der Waals surface area contributed by atoms with E-state index in [1.807, 2.05) is 19.9 Å². The molecule has 0 aliphatic heterocycles. The summed E-state index contributed by atoms with van der Waals surface area (Å²) in [5.41, 5.74) is 1.43. The molecule has 6 heteroatoms. The van der Waals surface area contributed by atoms with Gasteiger partial charge in [-0.3, -0.25) is 9.59 Å². The molecule has 1 aromatic carbocycles. The fourth-order valence-electron chi connectivity index (χ4n) is 1.94. The molecule has 1 heterocycles. The van der Waals surface area contributed by atoms with E-state index < -0.39 is 0 Å². The molecule has 0 bridgehead atoms. The van der Waals surface area contributed by atoms with Gasteiger partial charge in [0.25, 0.3) is 11.8 Å². The molecule has 1 unspecified atom stereocenters.